The normalized spacial score (nSPS) is 11.5. The van der Waals surface area contributed by atoms with Crippen LogP contribution in [-0.2, 0) is 0 Å². The van der Waals surface area contributed by atoms with Gasteiger partial charge >= 0.3 is 0 Å². The Morgan fingerprint density at radius 2 is 0.804 bits per heavy atom. The standard InChI is InChI=1S/C52H28N2O2/c1-54-36-11-7-10-33(25-36)38-19-21-40(44-15-5-3-13-42(38)44)35-17-23-50-46(27-35)48-29-51-47(28-52(48)56-50)45-26-34(16-22-49(45)55-51)39-20-18-37(41-12-2-4-14-43(39)41)32-9-6-8-31(24-32)30-53/h2-29H. The van der Waals surface area contributed by atoms with Gasteiger partial charge in [0.2, 0.25) is 0 Å². The maximum Gasteiger partial charge on any atom is 0.187 e. The minimum Gasteiger partial charge on any atom is -0.456 e. The average Bonchev–Trinajstić information content (AvgIpc) is 3.81. The van der Waals surface area contributed by atoms with Crippen molar-refractivity contribution in [3.8, 4) is 50.6 Å². The Bertz CT molecular complexity index is 3280. The number of fused-ring (bicyclic) bond motifs is 8. The Balaban J connectivity index is 1.02. The number of nitriles is 1. The zero-order chi connectivity index (χ0) is 37.3. The molecule has 2 heterocycles. The van der Waals surface area contributed by atoms with Crippen LogP contribution in [0.15, 0.2) is 179 Å². The van der Waals surface area contributed by atoms with E-state index in [1.54, 1.807) is 0 Å². The third kappa shape index (κ3) is 4.91. The lowest BCUT2D eigenvalue weighted by molar-refractivity contribution is 0.664. The van der Waals surface area contributed by atoms with Crippen LogP contribution in [0.4, 0.5) is 5.69 Å². The number of furan rings is 2. The molecule has 0 radical (unpaired) electrons. The molecule has 11 aromatic rings. The van der Waals surface area contributed by atoms with E-state index in [0.29, 0.717) is 11.3 Å². The smallest absolute Gasteiger partial charge is 0.187 e. The van der Waals surface area contributed by atoms with Crippen molar-refractivity contribution in [1.29, 1.82) is 5.26 Å². The fourth-order valence-corrected chi connectivity index (χ4v) is 8.49. The van der Waals surface area contributed by atoms with E-state index in [2.05, 4.69) is 144 Å². The van der Waals surface area contributed by atoms with Crippen molar-refractivity contribution in [2.75, 3.05) is 0 Å². The highest BCUT2D eigenvalue weighted by Gasteiger charge is 2.17. The molecule has 11 rings (SSSR count). The maximum absolute atomic E-state index is 9.52. The van der Waals surface area contributed by atoms with Crippen molar-refractivity contribution in [2.45, 2.75) is 0 Å². The predicted molar refractivity (Wildman–Crippen MR) is 229 cm³/mol. The second-order valence-corrected chi connectivity index (χ2v) is 14.2. The van der Waals surface area contributed by atoms with E-state index >= 15 is 0 Å². The Labute approximate surface area is 321 Å². The van der Waals surface area contributed by atoms with Crippen molar-refractivity contribution >= 4 is 71.1 Å². The fourth-order valence-electron chi connectivity index (χ4n) is 8.49. The summed E-state index contributed by atoms with van der Waals surface area (Å²) in [4.78, 5) is 3.65. The molecule has 0 fully saturated rings. The van der Waals surface area contributed by atoms with Crippen LogP contribution in [0.2, 0.25) is 0 Å². The van der Waals surface area contributed by atoms with E-state index in [1.165, 1.54) is 0 Å². The average molecular weight is 713 g/mol. The monoisotopic (exact) mass is 712 g/mol. The molecule has 0 saturated carbocycles. The van der Waals surface area contributed by atoms with Crippen molar-refractivity contribution in [3.63, 3.8) is 0 Å². The predicted octanol–water partition coefficient (Wildman–Crippen LogP) is 14.9. The minimum absolute atomic E-state index is 0.631. The van der Waals surface area contributed by atoms with Gasteiger partial charge in [0.05, 0.1) is 18.2 Å². The van der Waals surface area contributed by atoms with Crippen molar-refractivity contribution in [1.82, 2.24) is 0 Å². The molecule has 0 aliphatic carbocycles. The van der Waals surface area contributed by atoms with E-state index < -0.39 is 0 Å². The first-order chi connectivity index (χ1) is 27.6. The first-order valence-electron chi connectivity index (χ1n) is 18.5. The minimum atomic E-state index is 0.631. The Morgan fingerprint density at radius 1 is 0.375 bits per heavy atom. The lowest BCUT2D eigenvalue weighted by Crippen LogP contribution is -1.87. The van der Waals surface area contributed by atoms with Gasteiger partial charge in [-0.3, -0.25) is 0 Å². The van der Waals surface area contributed by atoms with Crippen LogP contribution in [0.5, 0.6) is 0 Å². The maximum atomic E-state index is 9.52. The van der Waals surface area contributed by atoms with E-state index in [-0.39, 0.29) is 0 Å². The quantitative estimate of drug-likeness (QED) is 0.171. The van der Waals surface area contributed by atoms with Crippen LogP contribution in [0.1, 0.15) is 5.56 Å². The fraction of sp³-hybridized carbons (Fsp3) is 0. The van der Waals surface area contributed by atoms with Crippen molar-refractivity contribution in [2.24, 2.45) is 0 Å². The summed E-state index contributed by atoms with van der Waals surface area (Å²) < 4.78 is 13.0. The van der Waals surface area contributed by atoms with Crippen LogP contribution in [0, 0.1) is 17.9 Å². The Morgan fingerprint density at radius 3 is 1.27 bits per heavy atom. The van der Waals surface area contributed by atoms with Gasteiger partial charge in [-0.05, 0) is 121 Å². The summed E-state index contributed by atoms with van der Waals surface area (Å²) in [5, 5.41) is 18.2. The lowest BCUT2D eigenvalue weighted by atomic mass is 9.91. The summed E-state index contributed by atoms with van der Waals surface area (Å²) in [5.74, 6) is 0. The molecule has 2 aromatic heterocycles. The summed E-state index contributed by atoms with van der Waals surface area (Å²) in [6, 6.07) is 60.5. The van der Waals surface area contributed by atoms with Crippen LogP contribution >= 0.6 is 0 Å². The van der Waals surface area contributed by atoms with Gasteiger partial charge in [0.25, 0.3) is 0 Å². The second-order valence-electron chi connectivity index (χ2n) is 14.2. The molecular weight excluding hydrogens is 685 g/mol. The zero-order valence-electron chi connectivity index (χ0n) is 29.9. The summed E-state index contributed by atoms with van der Waals surface area (Å²) in [6.07, 6.45) is 0. The topological polar surface area (TPSA) is 54.4 Å². The van der Waals surface area contributed by atoms with Crippen LogP contribution < -0.4 is 0 Å². The van der Waals surface area contributed by atoms with E-state index in [4.69, 9.17) is 15.4 Å². The third-order valence-corrected chi connectivity index (χ3v) is 11.1. The van der Waals surface area contributed by atoms with Crippen LogP contribution in [-0.4, -0.2) is 0 Å². The van der Waals surface area contributed by atoms with Gasteiger partial charge < -0.3 is 8.83 Å². The molecule has 9 aromatic carbocycles. The largest absolute Gasteiger partial charge is 0.456 e. The molecule has 4 nitrogen and oxygen atoms in total. The number of benzene rings is 9. The third-order valence-electron chi connectivity index (χ3n) is 11.1. The number of rotatable bonds is 4. The Kier molecular flexibility index (Phi) is 6.95. The summed E-state index contributed by atoms with van der Waals surface area (Å²) in [6.45, 7) is 7.50. The molecule has 0 atom stereocenters. The number of hydrogen-bond donors (Lipinski definition) is 0. The SMILES string of the molecule is [C-]#[N+]c1cccc(-c2ccc(-c3ccc4oc5cc6c(cc5c4c3)oc3ccc(-c4ccc(-c5cccc(C#N)c5)c5ccccc45)cc36)c3ccccc23)c1. The molecule has 4 heteroatoms. The van der Waals surface area contributed by atoms with Crippen molar-refractivity contribution < 1.29 is 8.83 Å². The van der Waals surface area contributed by atoms with E-state index in [9.17, 15) is 5.26 Å². The van der Waals surface area contributed by atoms with Crippen LogP contribution in [0.25, 0.3) is 115 Å². The highest BCUT2D eigenvalue weighted by atomic mass is 16.3. The number of nitrogens with zero attached hydrogens (tertiary/aromatic N) is 2. The van der Waals surface area contributed by atoms with Gasteiger partial charge in [0.1, 0.15) is 22.3 Å². The molecule has 0 aliphatic rings. The summed E-state index contributed by atoms with van der Waals surface area (Å²) in [7, 11) is 0. The molecule has 0 bridgehead atoms. The molecular formula is C52H28N2O2. The Hall–Kier alpha value is -7.92. The lowest BCUT2D eigenvalue weighted by Gasteiger charge is -2.12. The van der Waals surface area contributed by atoms with Crippen LogP contribution in [0.3, 0.4) is 0 Å². The van der Waals surface area contributed by atoms with Gasteiger partial charge in [-0.15, -0.1) is 0 Å². The summed E-state index contributed by atoms with van der Waals surface area (Å²) in [5.41, 5.74) is 13.3. The molecule has 258 valence electrons. The van der Waals surface area contributed by atoms with Gasteiger partial charge in [0, 0.05) is 21.5 Å². The highest BCUT2D eigenvalue weighted by Crippen LogP contribution is 2.43. The molecule has 0 saturated heterocycles. The van der Waals surface area contributed by atoms with Gasteiger partial charge in [-0.1, -0.05) is 115 Å². The summed E-state index contributed by atoms with van der Waals surface area (Å²) >= 11 is 0. The molecule has 0 N–H and O–H groups in total. The zero-order valence-corrected chi connectivity index (χ0v) is 29.9. The highest BCUT2D eigenvalue weighted by molar-refractivity contribution is 6.17. The van der Waals surface area contributed by atoms with E-state index in [1.807, 2.05) is 36.4 Å². The molecule has 0 unspecified atom stereocenters. The molecule has 0 spiro atoms. The second kappa shape index (κ2) is 12.3. The first kappa shape index (κ1) is 31.6. The van der Waals surface area contributed by atoms with Gasteiger partial charge in [-0.2, -0.15) is 5.26 Å². The number of hydrogen-bond acceptors (Lipinski definition) is 3. The molecule has 0 aliphatic heterocycles. The first-order valence-corrected chi connectivity index (χ1v) is 18.5. The molecule has 56 heavy (non-hydrogen) atoms. The van der Waals surface area contributed by atoms with Gasteiger partial charge in [-0.25, -0.2) is 4.85 Å². The van der Waals surface area contributed by atoms with E-state index in [0.717, 1.165) is 110 Å². The molecule has 0 amide bonds. The van der Waals surface area contributed by atoms with Gasteiger partial charge in [0.15, 0.2) is 5.69 Å². The van der Waals surface area contributed by atoms with Crippen molar-refractivity contribution in [3.05, 3.63) is 187 Å².